The lowest BCUT2D eigenvalue weighted by Gasteiger charge is -2.36. The summed E-state index contributed by atoms with van der Waals surface area (Å²) in [6.45, 7) is 2.49. The molecule has 1 spiro atoms. The number of amides is 3. The summed E-state index contributed by atoms with van der Waals surface area (Å²) in [5.41, 5.74) is -0.159. The molecule has 1 saturated heterocycles. The first kappa shape index (κ1) is 16.3. The summed E-state index contributed by atoms with van der Waals surface area (Å²) in [7, 11) is 0. The third-order valence-electron chi connectivity index (χ3n) is 5.07. The second-order valence-electron chi connectivity index (χ2n) is 6.49. The number of ether oxygens (including phenoxy) is 1. The molecule has 1 aliphatic heterocycles. The van der Waals surface area contributed by atoms with E-state index in [1.807, 2.05) is 13.0 Å². The van der Waals surface area contributed by atoms with Gasteiger partial charge in [-0.3, -0.25) is 9.69 Å². The molecule has 1 aliphatic carbocycles. The van der Waals surface area contributed by atoms with E-state index in [1.165, 1.54) is 4.90 Å². The lowest BCUT2D eigenvalue weighted by Crippen LogP contribution is -2.54. The first-order valence-electron chi connectivity index (χ1n) is 8.34. The maximum atomic E-state index is 12.8. The molecule has 126 valence electrons. The van der Waals surface area contributed by atoms with E-state index in [4.69, 9.17) is 10.00 Å². The fourth-order valence-corrected chi connectivity index (χ4v) is 3.58. The van der Waals surface area contributed by atoms with Crippen LogP contribution >= 0.6 is 0 Å². The van der Waals surface area contributed by atoms with Crippen molar-refractivity contribution in [3.05, 3.63) is 29.8 Å². The quantitative estimate of drug-likeness (QED) is 0.861. The molecule has 3 rings (SSSR count). The second-order valence-corrected chi connectivity index (χ2v) is 6.49. The third kappa shape index (κ3) is 2.82. The smallest absolute Gasteiger partial charge is 0.325 e. The summed E-state index contributed by atoms with van der Waals surface area (Å²) in [6.07, 6.45) is 3.74. The average molecular weight is 327 g/mol. The van der Waals surface area contributed by atoms with Crippen LogP contribution in [0.1, 0.15) is 38.2 Å². The number of nitrogens with one attached hydrogen (secondary N) is 1. The number of nitrogens with zero attached hydrogens (tertiary/aromatic N) is 2. The van der Waals surface area contributed by atoms with Crippen LogP contribution < -0.4 is 10.1 Å². The van der Waals surface area contributed by atoms with E-state index >= 15 is 0 Å². The molecule has 0 unspecified atom stereocenters. The Morgan fingerprint density at radius 3 is 2.75 bits per heavy atom. The molecule has 1 aromatic rings. The maximum absolute atomic E-state index is 12.8. The van der Waals surface area contributed by atoms with Crippen LogP contribution in [-0.2, 0) is 4.79 Å². The van der Waals surface area contributed by atoms with Gasteiger partial charge in [-0.1, -0.05) is 19.8 Å². The predicted molar refractivity (Wildman–Crippen MR) is 87.3 cm³/mol. The number of hydrogen-bond donors (Lipinski definition) is 1. The summed E-state index contributed by atoms with van der Waals surface area (Å²) in [4.78, 5) is 26.3. The van der Waals surface area contributed by atoms with Crippen molar-refractivity contribution in [1.82, 2.24) is 10.2 Å². The van der Waals surface area contributed by atoms with Crippen molar-refractivity contribution < 1.29 is 14.3 Å². The molecular formula is C18H21N3O3. The number of benzene rings is 1. The fourth-order valence-electron chi connectivity index (χ4n) is 3.58. The Kier molecular flexibility index (Phi) is 4.43. The number of urea groups is 1. The Bertz CT molecular complexity index is 680. The van der Waals surface area contributed by atoms with E-state index < -0.39 is 5.54 Å². The number of imide groups is 1. The predicted octanol–water partition coefficient (Wildman–Crippen LogP) is 2.44. The van der Waals surface area contributed by atoms with E-state index in [-0.39, 0.29) is 31.0 Å². The second kappa shape index (κ2) is 6.52. The Morgan fingerprint density at radius 1 is 1.33 bits per heavy atom. The van der Waals surface area contributed by atoms with Gasteiger partial charge >= 0.3 is 6.03 Å². The molecule has 2 aliphatic rings. The van der Waals surface area contributed by atoms with Crippen molar-refractivity contribution >= 4 is 11.9 Å². The minimum Gasteiger partial charge on any atom is -0.492 e. The summed E-state index contributed by atoms with van der Waals surface area (Å²) in [6, 6.07) is 8.46. The molecule has 1 N–H and O–H groups in total. The maximum Gasteiger partial charge on any atom is 0.325 e. The third-order valence-corrected chi connectivity index (χ3v) is 5.07. The van der Waals surface area contributed by atoms with Gasteiger partial charge < -0.3 is 10.1 Å². The molecular weight excluding hydrogens is 306 g/mol. The van der Waals surface area contributed by atoms with Gasteiger partial charge in [0.1, 0.15) is 17.9 Å². The van der Waals surface area contributed by atoms with Crippen LogP contribution in [0.4, 0.5) is 4.79 Å². The number of carbonyl (C=O) groups excluding carboxylic acids is 2. The Hall–Kier alpha value is -2.55. The molecule has 2 atom stereocenters. The minimum absolute atomic E-state index is 0.122. The van der Waals surface area contributed by atoms with Gasteiger partial charge in [0.05, 0.1) is 18.2 Å². The SMILES string of the molecule is C[C@@H]1CCCC[C@]12NC(=O)N(CCOc1ccc(C#N)cc1)C2=O. The van der Waals surface area contributed by atoms with Gasteiger partial charge in [0.2, 0.25) is 0 Å². The monoisotopic (exact) mass is 327 g/mol. The summed E-state index contributed by atoms with van der Waals surface area (Å²) < 4.78 is 5.58. The van der Waals surface area contributed by atoms with Gasteiger partial charge in [0.15, 0.2) is 0 Å². The van der Waals surface area contributed by atoms with Gasteiger partial charge in [-0.15, -0.1) is 0 Å². The lowest BCUT2D eigenvalue weighted by atomic mass is 9.73. The molecule has 0 bridgehead atoms. The van der Waals surface area contributed by atoms with Crippen LogP contribution in [0.5, 0.6) is 5.75 Å². The highest BCUT2D eigenvalue weighted by Gasteiger charge is 2.54. The van der Waals surface area contributed by atoms with Crippen LogP contribution in [0.15, 0.2) is 24.3 Å². The highest BCUT2D eigenvalue weighted by atomic mass is 16.5. The molecule has 1 heterocycles. The number of rotatable bonds is 4. The first-order chi connectivity index (χ1) is 11.6. The molecule has 2 fully saturated rings. The van der Waals surface area contributed by atoms with Crippen molar-refractivity contribution in [3.63, 3.8) is 0 Å². The minimum atomic E-state index is -0.718. The highest BCUT2D eigenvalue weighted by molar-refractivity contribution is 6.07. The molecule has 6 heteroatoms. The molecule has 6 nitrogen and oxygen atoms in total. The largest absolute Gasteiger partial charge is 0.492 e. The van der Waals surface area contributed by atoms with E-state index in [0.717, 1.165) is 19.3 Å². The van der Waals surface area contributed by atoms with E-state index in [2.05, 4.69) is 5.32 Å². The van der Waals surface area contributed by atoms with Gasteiger partial charge in [0.25, 0.3) is 5.91 Å². The topological polar surface area (TPSA) is 82.4 Å². The normalized spacial score (nSPS) is 26.3. The van der Waals surface area contributed by atoms with E-state index in [9.17, 15) is 9.59 Å². The summed E-state index contributed by atoms with van der Waals surface area (Å²) >= 11 is 0. The van der Waals surface area contributed by atoms with Gasteiger partial charge in [-0.05, 0) is 43.0 Å². The van der Waals surface area contributed by atoms with Crippen LogP contribution in [0.3, 0.4) is 0 Å². The van der Waals surface area contributed by atoms with Gasteiger partial charge in [-0.25, -0.2) is 4.79 Å². The van der Waals surface area contributed by atoms with E-state index in [0.29, 0.717) is 17.7 Å². The zero-order valence-corrected chi connectivity index (χ0v) is 13.7. The van der Waals surface area contributed by atoms with Crippen molar-refractivity contribution in [1.29, 1.82) is 5.26 Å². The standard InChI is InChI=1S/C18H21N3O3/c1-13-4-2-3-9-18(13)16(22)21(17(23)20-18)10-11-24-15-7-5-14(12-19)6-8-15/h5-8,13H,2-4,9-11H2,1H3,(H,20,23)/t13-,18+/m1/s1. The van der Waals surface area contributed by atoms with E-state index in [1.54, 1.807) is 24.3 Å². The van der Waals surface area contributed by atoms with Gasteiger partial charge in [0, 0.05) is 0 Å². The average Bonchev–Trinajstić information content (AvgIpc) is 2.83. The summed E-state index contributed by atoms with van der Waals surface area (Å²) in [5.74, 6) is 0.650. The van der Waals surface area contributed by atoms with Crippen LogP contribution in [0.25, 0.3) is 0 Å². The Morgan fingerprint density at radius 2 is 2.08 bits per heavy atom. The highest BCUT2D eigenvalue weighted by Crippen LogP contribution is 2.38. The number of carbonyl (C=O) groups is 2. The van der Waals surface area contributed by atoms with Crippen molar-refractivity contribution in [2.75, 3.05) is 13.2 Å². The van der Waals surface area contributed by atoms with Crippen LogP contribution in [-0.4, -0.2) is 35.5 Å². The number of nitriles is 1. The van der Waals surface area contributed by atoms with Crippen LogP contribution in [0, 0.1) is 17.2 Å². The van der Waals surface area contributed by atoms with Crippen molar-refractivity contribution in [3.8, 4) is 11.8 Å². The van der Waals surface area contributed by atoms with Gasteiger partial charge in [-0.2, -0.15) is 5.26 Å². The van der Waals surface area contributed by atoms with Crippen LogP contribution in [0.2, 0.25) is 0 Å². The first-order valence-corrected chi connectivity index (χ1v) is 8.34. The molecule has 24 heavy (non-hydrogen) atoms. The molecule has 3 amide bonds. The fraction of sp³-hybridized carbons (Fsp3) is 0.500. The zero-order chi connectivity index (χ0) is 17.2. The zero-order valence-electron chi connectivity index (χ0n) is 13.7. The van der Waals surface area contributed by atoms with Crippen molar-refractivity contribution in [2.45, 2.75) is 38.1 Å². The molecule has 1 aromatic carbocycles. The Labute approximate surface area is 141 Å². The summed E-state index contributed by atoms with van der Waals surface area (Å²) in [5, 5.41) is 11.7. The van der Waals surface area contributed by atoms with Crippen molar-refractivity contribution in [2.24, 2.45) is 5.92 Å². The molecule has 0 aromatic heterocycles. The Balaban J connectivity index is 1.60. The number of hydrogen-bond acceptors (Lipinski definition) is 4. The molecule has 0 radical (unpaired) electrons. The lowest BCUT2D eigenvalue weighted by molar-refractivity contribution is -0.134. The molecule has 1 saturated carbocycles.